The Bertz CT molecular complexity index is 453. The Hall–Kier alpha value is -0.430. The monoisotopic (exact) mass is 266 g/mol. The molecule has 0 unspecified atom stereocenters. The maximum Gasteiger partial charge on any atom is 0.251 e. The van der Waals surface area contributed by atoms with Gasteiger partial charge in [0.15, 0.2) is 8.68 Å². The van der Waals surface area contributed by atoms with Gasteiger partial charge in [0.05, 0.1) is 5.69 Å². The molecule has 0 bridgehead atoms. The summed E-state index contributed by atoms with van der Waals surface area (Å²) in [6.45, 7) is 5.46. The zero-order valence-electron chi connectivity index (χ0n) is 8.16. The van der Waals surface area contributed by atoms with Crippen molar-refractivity contribution in [2.45, 2.75) is 17.6 Å². The molecule has 15 heavy (non-hydrogen) atoms. The topological polar surface area (TPSA) is 59.1 Å². The molecule has 0 aliphatic carbocycles. The normalized spacial score (nSPS) is 11.6. The fraction of sp³-hybridized carbons (Fsp3) is 0.375. The Balaban J connectivity index is 2.86. The lowest BCUT2D eigenvalue weighted by atomic mass is 10.4. The highest BCUT2D eigenvalue weighted by molar-refractivity contribution is 7.91. The third kappa shape index (κ3) is 3.27. The van der Waals surface area contributed by atoms with E-state index >= 15 is 0 Å². The van der Waals surface area contributed by atoms with Gasteiger partial charge < -0.3 is 0 Å². The summed E-state index contributed by atoms with van der Waals surface area (Å²) in [6, 6.07) is 0. The van der Waals surface area contributed by atoms with Crippen LogP contribution in [-0.4, -0.2) is 19.9 Å². The first kappa shape index (κ1) is 12.6. The van der Waals surface area contributed by atoms with Crippen LogP contribution in [0.2, 0.25) is 4.47 Å². The average molecular weight is 267 g/mol. The molecule has 0 saturated heterocycles. The second kappa shape index (κ2) is 5.07. The minimum Gasteiger partial charge on any atom is -0.229 e. The van der Waals surface area contributed by atoms with Crippen LogP contribution < -0.4 is 4.72 Å². The molecule has 0 aromatic carbocycles. The molecule has 84 valence electrons. The van der Waals surface area contributed by atoms with E-state index in [2.05, 4.69) is 16.3 Å². The molecular formula is C8H11ClN2O2S2. The van der Waals surface area contributed by atoms with Gasteiger partial charge in [0, 0.05) is 6.54 Å². The first-order valence-electron chi connectivity index (χ1n) is 4.21. The second-order valence-corrected chi connectivity index (χ2v) is 6.36. The van der Waals surface area contributed by atoms with Crippen molar-refractivity contribution < 1.29 is 8.42 Å². The van der Waals surface area contributed by atoms with Crippen molar-refractivity contribution >= 4 is 33.0 Å². The van der Waals surface area contributed by atoms with Gasteiger partial charge in [-0.2, -0.15) is 0 Å². The Kier molecular flexibility index (Phi) is 4.27. The summed E-state index contributed by atoms with van der Waals surface area (Å²) in [7, 11) is -3.47. The van der Waals surface area contributed by atoms with Crippen molar-refractivity contribution in [3.8, 4) is 0 Å². The Labute approximate surface area is 98.0 Å². The van der Waals surface area contributed by atoms with E-state index in [1.54, 1.807) is 13.0 Å². The average Bonchev–Trinajstić information content (AvgIpc) is 2.46. The lowest BCUT2D eigenvalue weighted by Crippen LogP contribution is -2.24. The van der Waals surface area contributed by atoms with Crippen molar-refractivity contribution in [1.82, 2.24) is 9.71 Å². The van der Waals surface area contributed by atoms with E-state index in [1.807, 2.05) is 0 Å². The lowest BCUT2D eigenvalue weighted by molar-refractivity contribution is 0.583. The number of rotatable bonds is 5. The molecule has 1 heterocycles. The highest BCUT2D eigenvalue weighted by Crippen LogP contribution is 2.26. The van der Waals surface area contributed by atoms with Crippen molar-refractivity contribution in [1.29, 1.82) is 0 Å². The van der Waals surface area contributed by atoms with Gasteiger partial charge in [-0.25, -0.2) is 18.1 Å². The van der Waals surface area contributed by atoms with E-state index in [4.69, 9.17) is 11.6 Å². The Morgan fingerprint density at radius 1 is 1.67 bits per heavy atom. The number of halogens is 1. The van der Waals surface area contributed by atoms with Crippen LogP contribution in [0.15, 0.2) is 16.9 Å². The van der Waals surface area contributed by atoms with E-state index in [1.165, 1.54) is 0 Å². The number of hydrogen-bond acceptors (Lipinski definition) is 4. The van der Waals surface area contributed by atoms with Crippen LogP contribution in [0.25, 0.3) is 0 Å². The summed E-state index contributed by atoms with van der Waals surface area (Å²) in [5.74, 6) is 0. The van der Waals surface area contributed by atoms with Gasteiger partial charge in [0.2, 0.25) is 0 Å². The van der Waals surface area contributed by atoms with Gasteiger partial charge >= 0.3 is 0 Å². The van der Waals surface area contributed by atoms with Crippen LogP contribution in [0, 0.1) is 6.92 Å². The standard InChI is InChI=1S/C8H11ClN2O2S2/c1-3-4-5-10-15(12,13)7-6(2)11-8(9)14-7/h3,10H,1,4-5H2,2H3. The number of aromatic nitrogens is 1. The molecule has 0 radical (unpaired) electrons. The highest BCUT2D eigenvalue weighted by Gasteiger charge is 2.20. The molecule has 1 aromatic heterocycles. The van der Waals surface area contributed by atoms with Crippen LogP contribution in [-0.2, 0) is 10.0 Å². The second-order valence-electron chi connectivity index (χ2n) is 2.81. The quantitative estimate of drug-likeness (QED) is 0.655. The number of nitrogens with one attached hydrogen (secondary N) is 1. The van der Waals surface area contributed by atoms with Gasteiger partial charge in [-0.3, -0.25) is 0 Å². The van der Waals surface area contributed by atoms with Crippen molar-refractivity contribution in [3.05, 3.63) is 22.8 Å². The number of thiazole rings is 1. The van der Waals surface area contributed by atoms with Crippen LogP contribution in [0.5, 0.6) is 0 Å². The third-order valence-corrected chi connectivity index (χ3v) is 4.95. The Morgan fingerprint density at radius 2 is 2.33 bits per heavy atom. The van der Waals surface area contributed by atoms with Crippen molar-refractivity contribution in [3.63, 3.8) is 0 Å². The largest absolute Gasteiger partial charge is 0.251 e. The van der Waals surface area contributed by atoms with Crippen LogP contribution >= 0.6 is 22.9 Å². The van der Waals surface area contributed by atoms with Gasteiger partial charge in [0.1, 0.15) is 0 Å². The van der Waals surface area contributed by atoms with Crippen LogP contribution in [0.4, 0.5) is 0 Å². The van der Waals surface area contributed by atoms with Gasteiger partial charge in [0.25, 0.3) is 10.0 Å². The summed E-state index contributed by atoms with van der Waals surface area (Å²) < 4.78 is 26.3. The zero-order valence-corrected chi connectivity index (χ0v) is 10.5. The summed E-state index contributed by atoms with van der Waals surface area (Å²) in [5.41, 5.74) is 0.427. The summed E-state index contributed by atoms with van der Waals surface area (Å²) in [5, 5.41) is 0. The fourth-order valence-electron chi connectivity index (χ4n) is 0.961. The molecule has 0 aliphatic rings. The molecule has 0 aliphatic heterocycles. The van der Waals surface area contributed by atoms with Crippen molar-refractivity contribution in [2.75, 3.05) is 6.54 Å². The molecule has 1 N–H and O–H groups in total. The first-order valence-corrected chi connectivity index (χ1v) is 6.88. The number of sulfonamides is 1. The van der Waals surface area contributed by atoms with E-state index in [-0.39, 0.29) is 8.68 Å². The molecule has 0 spiro atoms. The molecule has 0 saturated carbocycles. The maximum atomic E-state index is 11.7. The summed E-state index contributed by atoms with van der Waals surface area (Å²) in [6.07, 6.45) is 2.24. The molecule has 0 atom stereocenters. The van der Waals surface area contributed by atoms with Gasteiger partial charge in [-0.1, -0.05) is 29.0 Å². The highest BCUT2D eigenvalue weighted by atomic mass is 35.5. The van der Waals surface area contributed by atoms with E-state index in [9.17, 15) is 8.42 Å². The first-order chi connectivity index (χ1) is 6.97. The predicted octanol–water partition coefficient (Wildman–Crippen LogP) is 1.96. The van der Waals surface area contributed by atoms with E-state index in [0.717, 1.165) is 11.3 Å². The molecule has 0 amide bonds. The maximum absolute atomic E-state index is 11.7. The molecular weight excluding hydrogens is 256 g/mol. The molecule has 1 rings (SSSR count). The minimum absolute atomic E-state index is 0.177. The number of hydrogen-bond donors (Lipinski definition) is 1. The van der Waals surface area contributed by atoms with Crippen molar-refractivity contribution in [2.24, 2.45) is 0 Å². The SMILES string of the molecule is C=CCCNS(=O)(=O)c1sc(Cl)nc1C. The fourth-order valence-corrected chi connectivity index (χ4v) is 3.79. The number of aryl methyl sites for hydroxylation is 1. The predicted molar refractivity (Wildman–Crippen MR) is 61.9 cm³/mol. The smallest absolute Gasteiger partial charge is 0.229 e. The Morgan fingerprint density at radius 3 is 2.80 bits per heavy atom. The third-order valence-electron chi connectivity index (χ3n) is 1.61. The van der Waals surface area contributed by atoms with E-state index < -0.39 is 10.0 Å². The molecule has 1 aromatic rings. The van der Waals surface area contributed by atoms with Crippen LogP contribution in [0.3, 0.4) is 0 Å². The molecule has 7 heteroatoms. The molecule has 0 fully saturated rings. The van der Waals surface area contributed by atoms with Gasteiger partial charge in [-0.15, -0.1) is 6.58 Å². The number of nitrogens with zero attached hydrogens (tertiary/aromatic N) is 1. The summed E-state index contributed by atoms with van der Waals surface area (Å²) >= 11 is 6.59. The summed E-state index contributed by atoms with van der Waals surface area (Å²) in [4.78, 5) is 3.85. The van der Waals surface area contributed by atoms with E-state index in [0.29, 0.717) is 18.7 Å². The zero-order chi connectivity index (χ0) is 11.5. The van der Waals surface area contributed by atoms with Crippen LogP contribution in [0.1, 0.15) is 12.1 Å². The lowest BCUT2D eigenvalue weighted by Gasteiger charge is -2.02. The van der Waals surface area contributed by atoms with Gasteiger partial charge in [-0.05, 0) is 13.3 Å². The molecule has 4 nitrogen and oxygen atoms in total. The minimum atomic E-state index is -3.47.